The third-order valence-electron chi connectivity index (χ3n) is 5.56. The second kappa shape index (κ2) is 7.93. The van der Waals surface area contributed by atoms with Crippen LogP contribution in [0.2, 0.25) is 0 Å². The summed E-state index contributed by atoms with van der Waals surface area (Å²) in [6.45, 7) is 5.51. The first-order valence-corrected chi connectivity index (χ1v) is 9.84. The number of benzene rings is 1. The molecule has 2 N–H and O–H groups in total. The molecule has 3 atom stereocenters. The van der Waals surface area contributed by atoms with E-state index in [9.17, 15) is 19.5 Å². The van der Waals surface area contributed by atoms with Crippen LogP contribution in [0.5, 0.6) is 0 Å². The van der Waals surface area contributed by atoms with Crippen molar-refractivity contribution >= 4 is 18.2 Å². The molecule has 2 amide bonds. The summed E-state index contributed by atoms with van der Waals surface area (Å²) >= 11 is 0. The molecule has 3 unspecified atom stereocenters. The molecule has 1 aliphatic heterocycles. The third-order valence-corrected chi connectivity index (χ3v) is 5.56. The van der Waals surface area contributed by atoms with Gasteiger partial charge in [0.2, 0.25) is 0 Å². The first-order valence-electron chi connectivity index (χ1n) is 9.84. The highest BCUT2D eigenvalue weighted by Crippen LogP contribution is 2.46. The number of carboxylic acid groups (broad SMARTS) is 1. The fourth-order valence-electron chi connectivity index (χ4n) is 4.07. The van der Waals surface area contributed by atoms with E-state index in [0.717, 1.165) is 5.56 Å². The zero-order chi connectivity index (χ0) is 21.2. The number of nitrogens with one attached hydrogen (secondary N) is 1. The van der Waals surface area contributed by atoms with Crippen LogP contribution in [-0.4, -0.2) is 51.9 Å². The van der Waals surface area contributed by atoms with Crippen molar-refractivity contribution in [2.24, 2.45) is 5.92 Å². The summed E-state index contributed by atoms with van der Waals surface area (Å²) in [5, 5.41) is 12.5. The summed E-state index contributed by atoms with van der Waals surface area (Å²) in [6.07, 6.45) is 0.166. The Hall–Kier alpha value is -2.77. The Morgan fingerprint density at radius 2 is 1.90 bits per heavy atom. The highest BCUT2D eigenvalue weighted by molar-refractivity contribution is 5.86. The molecule has 1 heterocycles. The van der Waals surface area contributed by atoms with Crippen LogP contribution in [0.1, 0.15) is 45.6 Å². The number of likely N-dealkylation sites (tertiary alicyclic amines) is 1. The third kappa shape index (κ3) is 4.46. The second-order valence-electron chi connectivity index (χ2n) is 8.64. The average molecular weight is 404 g/mol. The van der Waals surface area contributed by atoms with E-state index in [1.54, 1.807) is 25.7 Å². The van der Waals surface area contributed by atoms with Gasteiger partial charge in [0.15, 0.2) is 0 Å². The summed E-state index contributed by atoms with van der Waals surface area (Å²) < 4.78 is 10.7. The van der Waals surface area contributed by atoms with E-state index in [2.05, 4.69) is 5.32 Å². The van der Waals surface area contributed by atoms with Gasteiger partial charge in [-0.15, -0.1) is 0 Å². The van der Waals surface area contributed by atoms with Gasteiger partial charge in [-0.2, -0.15) is 0 Å². The molecule has 2 fully saturated rings. The van der Waals surface area contributed by atoms with Gasteiger partial charge in [0.1, 0.15) is 17.7 Å². The summed E-state index contributed by atoms with van der Waals surface area (Å²) in [4.78, 5) is 38.6. The maximum Gasteiger partial charge on any atom is 0.410 e. The van der Waals surface area contributed by atoms with Gasteiger partial charge in [0.05, 0.1) is 0 Å². The van der Waals surface area contributed by atoms with Gasteiger partial charge in [-0.05, 0) is 45.6 Å². The molecule has 1 saturated carbocycles. The maximum atomic E-state index is 12.6. The number of fused-ring (bicyclic) bond motifs is 1. The number of carboxylic acids is 1. The van der Waals surface area contributed by atoms with Crippen LogP contribution in [0.4, 0.5) is 9.59 Å². The predicted octanol–water partition coefficient (Wildman–Crippen LogP) is 3.16. The largest absolute Gasteiger partial charge is 0.479 e. The van der Waals surface area contributed by atoms with Crippen LogP contribution in [-0.2, 0) is 20.9 Å². The number of amides is 2. The fraction of sp³-hybridized carbons (Fsp3) is 0.571. The number of carbonyl (C=O) groups excluding carboxylic acids is 2. The van der Waals surface area contributed by atoms with E-state index in [1.165, 1.54) is 0 Å². The molecule has 0 aromatic heterocycles. The summed E-state index contributed by atoms with van der Waals surface area (Å²) in [7, 11) is 0. The van der Waals surface area contributed by atoms with Crippen LogP contribution in [0.25, 0.3) is 0 Å². The Morgan fingerprint density at radius 3 is 2.45 bits per heavy atom. The SMILES string of the molecule is CC(C)(C)OC(=O)NC1(C(=O)O)CCN(C(=O)OCc2ccccc2)C2CCC21. The van der Waals surface area contributed by atoms with Crippen molar-refractivity contribution in [3.63, 3.8) is 0 Å². The number of alkyl carbamates (subject to hydrolysis) is 1. The van der Waals surface area contributed by atoms with Crippen molar-refractivity contribution in [1.29, 1.82) is 0 Å². The standard InChI is InChI=1S/C21H28N2O6/c1-20(2,3)29-18(26)22-21(17(24)25)11-12-23(16-10-9-15(16)21)19(27)28-13-14-7-5-4-6-8-14/h4-8,15-16H,9-13H2,1-3H3,(H,22,26)(H,24,25). The van der Waals surface area contributed by atoms with Crippen LogP contribution < -0.4 is 5.32 Å². The van der Waals surface area contributed by atoms with Crippen molar-refractivity contribution in [3.8, 4) is 0 Å². The first-order chi connectivity index (χ1) is 13.6. The van der Waals surface area contributed by atoms with Gasteiger partial charge in [-0.25, -0.2) is 14.4 Å². The van der Waals surface area contributed by atoms with Gasteiger partial charge < -0.3 is 24.8 Å². The topological polar surface area (TPSA) is 105 Å². The van der Waals surface area contributed by atoms with E-state index in [0.29, 0.717) is 12.8 Å². The molecular formula is C21H28N2O6. The fourth-order valence-corrected chi connectivity index (χ4v) is 4.07. The maximum absolute atomic E-state index is 12.6. The van der Waals surface area contributed by atoms with E-state index in [1.807, 2.05) is 30.3 Å². The number of ether oxygens (including phenoxy) is 2. The van der Waals surface area contributed by atoms with Crippen molar-refractivity contribution < 1.29 is 29.0 Å². The van der Waals surface area contributed by atoms with Crippen LogP contribution in [0.15, 0.2) is 30.3 Å². The number of aliphatic carboxylic acids is 1. The molecule has 8 nitrogen and oxygen atoms in total. The van der Waals surface area contributed by atoms with Gasteiger partial charge in [-0.3, -0.25) is 0 Å². The van der Waals surface area contributed by atoms with Crippen LogP contribution in [0.3, 0.4) is 0 Å². The molecule has 1 aromatic carbocycles. The Bertz CT molecular complexity index is 775. The minimum atomic E-state index is -1.44. The minimum absolute atomic E-state index is 0.100. The highest BCUT2D eigenvalue weighted by Gasteiger charge is 2.59. The molecule has 1 aliphatic carbocycles. The number of piperidine rings is 1. The highest BCUT2D eigenvalue weighted by atomic mass is 16.6. The molecule has 0 bridgehead atoms. The van der Waals surface area contributed by atoms with Gasteiger partial charge in [0, 0.05) is 18.5 Å². The average Bonchev–Trinajstić information content (AvgIpc) is 2.60. The first kappa shape index (κ1) is 21.0. The molecule has 8 heteroatoms. The smallest absolute Gasteiger partial charge is 0.410 e. The molecule has 2 aliphatic rings. The molecule has 1 saturated heterocycles. The van der Waals surface area contributed by atoms with E-state index < -0.39 is 29.3 Å². The molecule has 29 heavy (non-hydrogen) atoms. The van der Waals surface area contributed by atoms with Crippen molar-refractivity contribution in [1.82, 2.24) is 10.2 Å². The summed E-state index contributed by atoms with van der Waals surface area (Å²) in [6, 6.07) is 9.09. The number of hydrogen-bond donors (Lipinski definition) is 2. The van der Waals surface area contributed by atoms with Crippen LogP contribution >= 0.6 is 0 Å². The number of carbonyl (C=O) groups is 3. The van der Waals surface area contributed by atoms with E-state index in [4.69, 9.17) is 9.47 Å². The van der Waals surface area contributed by atoms with Gasteiger partial charge in [0.25, 0.3) is 0 Å². The zero-order valence-corrected chi connectivity index (χ0v) is 17.0. The minimum Gasteiger partial charge on any atom is -0.479 e. The Morgan fingerprint density at radius 1 is 1.21 bits per heavy atom. The lowest BCUT2D eigenvalue weighted by molar-refractivity contribution is -0.157. The molecule has 0 spiro atoms. The monoisotopic (exact) mass is 404 g/mol. The van der Waals surface area contributed by atoms with E-state index in [-0.39, 0.29) is 31.5 Å². The normalized spacial score (nSPS) is 26.0. The lowest BCUT2D eigenvalue weighted by Crippen LogP contribution is -2.72. The quantitative estimate of drug-likeness (QED) is 0.799. The Balaban J connectivity index is 1.67. The Kier molecular flexibility index (Phi) is 5.73. The van der Waals surface area contributed by atoms with Gasteiger partial charge in [-0.1, -0.05) is 30.3 Å². The summed E-state index contributed by atoms with van der Waals surface area (Å²) in [5.41, 5.74) is -1.29. The molecule has 0 radical (unpaired) electrons. The lowest BCUT2D eigenvalue weighted by Gasteiger charge is -2.55. The number of nitrogens with zero attached hydrogens (tertiary/aromatic N) is 1. The molecule has 1 aromatic rings. The summed E-state index contributed by atoms with van der Waals surface area (Å²) in [5.74, 6) is -1.49. The van der Waals surface area contributed by atoms with Crippen molar-refractivity contribution in [2.75, 3.05) is 6.54 Å². The molecular weight excluding hydrogens is 376 g/mol. The molecule has 158 valence electrons. The van der Waals surface area contributed by atoms with Gasteiger partial charge >= 0.3 is 18.2 Å². The lowest BCUT2D eigenvalue weighted by atomic mass is 9.62. The second-order valence-corrected chi connectivity index (χ2v) is 8.64. The predicted molar refractivity (Wildman–Crippen MR) is 104 cm³/mol. The van der Waals surface area contributed by atoms with Crippen molar-refractivity contribution in [2.45, 2.75) is 63.8 Å². The number of hydrogen-bond acceptors (Lipinski definition) is 5. The van der Waals surface area contributed by atoms with E-state index >= 15 is 0 Å². The van der Waals surface area contributed by atoms with Crippen molar-refractivity contribution in [3.05, 3.63) is 35.9 Å². The zero-order valence-electron chi connectivity index (χ0n) is 17.0. The Labute approximate surface area is 170 Å². The number of rotatable bonds is 4. The molecule has 3 rings (SSSR count). The van der Waals surface area contributed by atoms with Crippen LogP contribution in [0, 0.1) is 5.92 Å².